The third-order valence-electron chi connectivity index (χ3n) is 3.14. The lowest BCUT2D eigenvalue weighted by atomic mass is 10.2. The Morgan fingerprint density at radius 3 is 2.90 bits per heavy atom. The number of nitrogens with one attached hydrogen (secondary N) is 1. The van der Waals surface area contributed by atoms with Gasteiger partial charge >= 0.3 is 0 Å². The van der Waals surface area contributed by atoms with Crippen LogP contribution < -0.4 is 4.72 Å². The molecule has 0 bridgehead atoms. The molecule has 1 saturated heterocycles. The molecule has 1 aliphatic rings. The third-order valence-corrected chi connectivity index (χ3v) is 5.98. The molecule has 1 N–H and O–H groups in total. The minimum Gasteiger partial charge on any atom is -0.376 e. The van der Waals surface area contributed by atoms with Gasteiger partial charge in [-0.3, -0.25) is 4.79 Å². The van der Waals surface area contributed by atoms with Gasteiger partial charge in [0.1, 0.15) is 10.3 Å². The van der Waals surface area contributed by atoms with Crippen LogP contribution in [-0.2, 0) is 24.3 Å². The number of hydrogen-bond donors (Lipinski definition) is 1. The van der Waals surface area contributed by atoms with Crippen LogP contribution in [0.1, 0.15) is 24.6 Å². The van der Waals surface area contributed by atoms with E-state index in [2.05, 4.69) is 0 Å². The van der Waals surface area contributed by atoms with Gasteiger partial charge < -0.3 is 9.47 Å². The van der Waals surface area contributed by atoms with E-state index in [1.165, 1.54) is 13.0 Å². The maximum Gasteiger partial charge on any atom is 0.273 e. The lowest BCUT2D eigenvalue weighted by Crippen LogP contribution is -2.39. The highest BCUT2D eigenvalue weighted by atomic mass is 32.2. The molecular formula is C13H19NO5S2. The second-order valence-corrected chi connectivity index (χ2v) is 8.14. The van der Waals surface area contributed by atoms with Gasteiger partial charge in [0.25, 0.3) is 15.9 Å². The van der Waals surface area contributed by atoms with Gasteiger partial charge in [-0.25, -0.2) is 13.1 Å². The van der Waals surface area contributed by atoms with Crippen molar-refractivity contribution >= 4 is 27.3 Å². The average Bonchev–Trinajstić information content (AvgIpc) is 3.06. The molecule has 1 aromatic rings. The van der Waals surface area contributed by atoms with Crippen LogP contribution in [0.25, 0.3) is 0 Å². The van der Waals surface area contributed by atoms with E-state index in [4.69, 9.17) is 9.47 Å². The molecule has 8 heteroatoms. The SMILES string of the molecule is Cc1ccc(S(=O)(=O)NC(=O)[C@@H](C)OC[C@H]2CCCO2)s1. The Labute approximate surface area is 128 Å². The van der Waals surface area contributed by atoms with Crippen molar-refractivity contribution in [2.75, 3.05) is 13.2 Å². The Hall–Kier alpha value is -0.960. The van der Waals surface area contributed by atoms with Crippen molar-refractivity contribution in [2.24, 2.45) is 0 Å². The maximum atomic E-state index is 12.0. The molecule has 0 unspecified atom stereocenters. The number of hydrogen-bond acceptors (Lipinski definition) is 6. The van der Waals surface area contributed by atoms with Gasteiger partial charge in [-0.1, -0.05) is 0 Å². The van der Waals surface area contributed by atoms with Crippen LogP contribution in [0.15, 0.2) is 16.3 Å². The van der Waals surface area contributed by atoms with Gasteiger partial charge in [0.05, 0.1) is 12.7 Å². The van der Waals surface area contributed by atoms with Gasteiger partial charge in [0.2, 0.25) is 0 Å². The number of amides is 1. The number of carbonyl (C=O) groups excluding carboxylic acids is 1. The Morgan fingerprint density at radius 2 is 2.33 bits per heavy atom. The predicted molar refractivity (Wildman–Crippen MR) is 78.8 cm³/mol. The Morgan fingerprint density at radius 1 is 1.57 bits per heavy atom. The molecule has 1 aromatic heterocycles. The summed E-state index contributed by atoms with van der Waals surface area (Å²) in [5, 5.41) is 0. The van der Waals surface area contributed by atoms with Gasteiger partial charge in [0.15, 0.2) is 0 Å². The molecule has 1 aliphatic heterocycles. The van der Waals surface area contributed by atoms with Gasteiger partial charge in [0, 0.05) is 11.5 Å². The van der Waals surface area contributed by atoms with Crippen LogP contribution in [0.3, 0.4) is 0 Å². The number of rotatable bonds is 6. The minimum atomic E-state index is -3.81. The summed E-state index contributed by atoms with van der Waals surface area (Å²) in [6, 6.07) is 3.18. The van der Waals surface area contributed by atoms with Gasteiger partial charge in [-0.15, -0.1) is 11.3 Å². The summed E-state index contributed by atoms with van der Waals surface area (Å²) in [4.78, 5) is 12.8. The molecule has 0 aliphatic carbocycles. The average molecular weight is 333 g/mol. The fraction of sp³-hybridized carbons (Fsp3) is 0.615. The highest BCUT2D eigenvalue weighted by Gasteiger charge is 2.25. The first-order valence-corrected chi connectivity index (χ1v) is 9.05. The summed E-state index contributed by atoms with van der Waals surface area (Å²) in [6.07, 6.45) is 1.05. The second kappa shape index (κ2) is 6.87. The van der Waals surface area contributed by atoms with E-state index >= 15 is 0 Å². The second-order valence-electron chi connectivity index (χ2n) is 4.95. The van der Waals surface area contributed by atoms with Crippen molar-refractivity contribution in [1.82, 2.24) is 4.72 Å². The van der Waals surface area contributed by atoms with Crippen molar-refractivity contribution in [3.8, 4) is 0 Å². The first kappa shape index (κ1) is 16.4. The quantitative estimate of drug-likeness (QED) is 0.852. The summed E-state index contributed by atoms with van der Waals surface area (Å²) in [7, 11) is -3.81. The van der Waals surface area contributed by atoms with E-state index < -0.39 is 22.0 Å². The number of carbonyl (C=O) groups is 1. The molecule has 0 spiro atoms. The Bertz CT molecular complexity index is 589. The van der Waals surface area contributed by atoms with E-state index in [-0.39, 0.29) is 10.3 Å². The van der Waals surface area contributed by atoms with Crippen molar-refractivity contribution in [1.29, 1.82) is 0 Å². The van der Waals surface area contributed by atoms with E-state index in [1.807, 2.05) is 4.72 Å². The molecule has 1 amide bonds. The lowest BCUT2D eigenvalue weighted by Gasteiger charge is -2.15. The van der Waals surface area contributed by atoms with Crippen molar-refractivity contribution in [3.05, 3.63) is 17.0 Å². The molecule has 1 fully saturated rings. The summed E-state index contributed by atoms with van der Waals surface area (Å²) in [5.41, 5.74) is 0. The van der Waals surface area contributed by atoms with E-state index in [0.717, 1.165) is 29.1 Å². The highest BCUT2D eigenvalue weighted by Crippen LogP contribution is 2.20. The normalized spacial score (nSPS) is 20.4. The summed E-state index contributed by atoms with van der Waals surface area (Å²) < 4.78 is 37.0. The number of aryl methyl sites for hydroxylation is 1. The zero-order valence-electron chi connectivity index (χ0n) is 12.0. The molecule has 118 valence electrons. The van der Waals surface area contributed by atoms with Crippen molar-refractivity contribution < 1.29 is 22.7 Å². The van der Waals surface area contributed by atoms with E-state index in [9.17, 15) is 13.2 Å². The van der Waals surface area contributed by atoms with Crippen LogP contribution in [0.5, 0.6) is 0 Å². The van der Waals surface area contributed by atoms with Crippen LogP contribution in [-0.4, -0.2) is 39.7 Å². The first-order chi connectivity index (χ1) is 9.88. The van der Waals surface area contributed by atoms with Crippen LogP contribution >= 0.6 is 11.3 Å². The Kier molecular flexibility index (Phi) is 5.37. The maximum absolute atomic E-state index is 12.0. The number of thiophene rings is 1. The number of ether oxygens (including phenoxy) is 2. The van der Waals surface area contributed by atoms with Gasteiger partial charge in [-0.2, -0.15) is 0 Å². The molecule has 21 heavy (non-hydrogen) atoms. The van der Waals surface area contributed by atoms with Crippen LogP contribution in [0.4, 0.5) is 0 Å². The first-order valence-electron chi connectivity index (χ1n) is 6.75. The molecule has 6 nitrogen and oxygen atoms in total. The van der Waals surface area contributed by atoms with Gasteiger partial charge in [-0.05, 0) is 38.8 Å². The van der Waals surface area contributed by atoms with E-state index in [0.29, 0.717) is 13.2 Å². The van der Waals surface area contributed by atoms with Crippen LogP contribution in [0.2, 0.25) is 0 Å². The van der Waals surface area contributed by atoms with E-state index in [1.54, 1.807) is 13.0 Å². The molecule has 2 heterocycles. The molecule has 0 aromatic carbocycles. The zero-order chi connectivity index (χ0) is 15.5. The summed E-state index contributed by atoms with van der Waals surface area (Å²) >= 11 is 1.12. The topological polar surface area (TPSA) is 81.7 Å². The fourth-order valence-electron chi connectivity index (χ4n) is 1.93. The fourth-order valence-corrected chi connectivity index (χ4v) is 4.25. The molecule has 2 atom stereocenters. The smallest absolute Gasteiger partial charge is 0.273 e. The number of sulfonamides is 1. The minimum absolute atomic E-state index is 0.00296. The van der Waals surface area contributed by atoms with Crippen molar-refractivity contribution in [2.45, 2.75) is 43.1 Å². The summed E-state index contributed by atoms with van der Waals surface area (Å²) in [5.74, 6) is -0.668. The highest BCUT2D eigenvalue weighted by molar-refractivity contribution is 7.92. The Balaban J connectivity index is 1.87. The zero-order valence-corrected chi connectivity index (χ0v) is 13.6. The summed E-state index contributed by atoms with van der Waals surface area (Å²) in [6.45, 7) is 4.34. The molecule has 0 radical (unpaired) electrons. The molecular weight excluding hydrogens is 314 g/mol. The van der Waals surface area contributed by atoms with Crippen molar-refractivity contribution in [3.63, 3.8) is 0 Å². The third kappa shape index (κ3) is 4.50. The molecule has 2 rings (SSSR count). The monoisotopic (exact) mass is 333 g/mol. The predicted octanol–water partition coefficient (Wildman–Crippen LogP) is 1.45. The standard InChI is InChI=1S/C13H19NO5S2/c1-9-5-6-12(20-9)21(16,17)14-13(15)10(2)19-8-11-4-3-7-18-11/h5-6,10-11H,3-4,7-8H2,1-2H3,(H,14,15)/t10-,11-/m1/s1. The lowest BCUT2D eigenvalue weighted by molar-refractivity contribution is -0.131. The molecule has 0 saturated carbocycles. The largest absolute Gasteiger partial charge is 0.376 e. The van der Waals surface area contributed by atoms with Crippen LogP contribution in [0, 0.1) is 6.92 Å².